The van der Waals surface area contributed by atoms with Gasteiger partial charge in [0.2, 0.25) is 0 Å². The van der Waals surface area contributed by atoms with E-state index in [4.69, 9.17) is 4.74 Å². The van der Waals surface area contributed by atoms with Crippen molar-refractivity contribution in [3.05, 3.63) is 64.8 Å². The van der Waals surface area contributed by atoms with Crippen molar-refractivity contribution in [2.24, 2.45) is 0 Å². The van der Waals surface area contributed by atoms with Gasteiger partial charge in [0.05, 0.1) is 17.7 Å². The summed E-state index contributed by atoms with van der Waals surface area (Å²) in [5, 5.41) is 10.7. The SMILES string of the molecule is COc1cccc(-c2nc(-c3ccc([N+](=O)[O-])cc3)c[nH]2)c1. The topological polar surface area (TPSA) is 81.1 Å². The van der Waals surface area contributed by atoms with Crippen molar-refractivity contribution in [1.82, 2.24) is 9.97 Å². The molecule has 0 amide bonds. The van der Waals surface area contributed by atoms with Crippen LogP contribution in [0.15, 0.2) is 54.7 Å². The van der Waals surface area contributed by atoms with Crippen LogP contribution in [0, 0.1) is 10.1 Å². The number of methoxy groups -OCH3 is 1. The molecule has 1 N–H and O–H groups in total. The molecule has 6 heteroatoms. The molecule has 0 aliphatic carbocycles. The number of nitro groups is 1. The van der Waals surface area contributed by atoms with Gasteiger partial charge in [0.25, 0.3) is 5.69 Å². The average Bonchev–Trinajstić information content (AvgIpc) is 3.05. The van der Waals surface area contributed by atoms with Crippen molar-refractivity contribution >= 4 is 5.69 Å². The Morgan fingerprint density at radius 3 is 2.59 bits per heavy atom. The lowest BCUT2D eigenvalue weighted by Crippen LogP contribution is -1.87. The van der Waals surface area contributed by atoms with Gasteiger partial charge in [-0.25, -0.2) is 4.98 Å². The number of nitrogens with zero attached hydrogens (tertiary/aromatic N) is 2. The van der Waals surface area contributed by atoms with E-state index in [1.807, 2.05) is 24.3 Å². The van der Waals surface area contributed by atoms with Crippen LogP contribution in [0.2, 0.25) is 0 Å². The van der Waals surface area contributed by atoms with E-state index in [9.17, 15) is 10.1 Å². The van der Waals surface area contributed by atoms with E-state index in [0.29, 0.717) is 5.82 Å². The van der Waals surface area contributed by atoms with Crippen LogP contribution in [0.25, 0.3) is 22.6 Å². The van der Waals surface area contributed by atoms with Gasteiger partial charge in [0, 0.05) is 29.5 Å². The lowest BCUT2D eigenvalue weighted by Gasteiger charge is -2.01. The number of nitro benzene ring substituents is 1. The van der Waals surface area contributed by atoms with Gasteiger partial charge in [-0.2, -0.15) is 0 Å². The zero-order valence-electron chi connectivity index (χ0n) is 11.8. The van der Waals surface area contributed by atoms with Gasteiger partial charge in [-0.15, -0.1) is 0 Å². The third-order valence-corrected chi connectivity index (χ3v) is 3.29. The number of hydrogen-bond donors (Lipinski definition) is 1. The summed E-state index contributed by atoms with van der Waals surface area (Å²) >= 11 is 0. The van der Waals surface area contributed by atoms with Gasteiger partial charge in [0.15, 0.2) is 0 Å². The van der Waals surface area contributed by atoms with Crippen LogP contribution in [0.5, 0.6) is 5.75 Å². The van der Waals surface area contributed by atoms with Crippen LogP contribution in [-0.2, 0) is 0 Å². The zero-order valence-corrected chi connectivity index (χ0v) is 11.8. The number of imidazole rings is 1. The summed E-state index contributed by atoms with van der Waals surface area (Å²) in [7, 11) is 1.61. The van der Waals surface area contributed by atoms with Gasteiger partial charge >= 0.3 is 0 Å². The highest BCUT2D eigenvalue weighted by Gasteiger charge is 2.09. The molecule has 1 heterocycles. The molecule has 0 unspecified atom stereocenters. The Morgan fingerprint density at radius 1 is 1.14 bits per heavy atom. The first-order valence-corrected chi connectivity index (χ1v) is 6.62. The molecule has 3 rings (SSSR count). The molecule has 0 radical (unpaired) electrons. The molecule has 3 aromatic rings. The fraction of sp³-hybridized carbons (Fsp3) is 0.0625. The number of aromatic amines is 1. The number of benzene rings is 2. The minimum atomic E-state index is -0.421. The van der Waals surface area contributed by atoms with Crippen molar-refractivity contribution in [3.8, 4) is 28.4 Å². The summed E-state index contributed by atoms with van der Waals surface area (Å²) in [5.74, 6) is 1.47. The van der Waals surface area contributed by atoms with Crippen LogP contribution >= 0.6 is 0 Å². The van der Waals surface area contributed by atoms with E-state index in [2.05, 4.69) is 9.97 Å². The summed E-state index contributed by atoms with van der Waals surface area (Å²) in [5.41, 5.74) is 2.52. The Labute approximate surface area is 126 Å². The molecule has 2 aromatic carbocycles. The normalized spacial score (nSPS) is 10.4. The van der Waals surface area contributed by atoms with Gasteiger partial charge in [-0.05, 0) is 24.3 Å². The van der Waals surface area contributed by atoms with E-state index in [1.165, 1.54) is 12.1 Å². The minimum Gasteiger partial charge on any atom is -0.497 e. The molecule has 1 aromatic heterocycles. The number of aromatic nitrogens is 2. The maximum Gasteiger partial charge on any atom is 0.269 e. The maximum atomic E-state index is 10.7. The van der Waals surface area contributed by atoms with E-state index in [0.717, 1.165) is 22.6 Å². The molecule has 0 saturated heterocycles. The molecule has 6 nitrogen and oxygen atoms in total. The molecule has 0 fully saturated rings. The van der Waals surface area contributed by atoms with Crippen molar-refractivity contribution in [3.63, 3.8) is 0 Å². The van der Waals surface area contributed by atoms with E-state index < -0.39 is 4.92 Å². The smallest absolute Gasteiger partial charge is 0.269 e. The Balaban J connectivity index is 1.91. The van der Waals surface area contributed by atoms with Gasteiger partial charge in [0.1, 0.15) is 11.6 Å². The summed E-state index contributed by atoms with van der Waals surface area (Å²) in [6.07, 6.45) is 1.77. The van der Waals surface area contributed by atoms with Crippen molar-refractivity contribution < 1.29 is 9.66 Å². The first-order chi connectivity index (χ1) is 10.7. The van der Waals surface area contributed by atoms with Crippen molar-refractivity contribution in [2.45, 2.75) is 0 Å². The monoisotopic (exact) mass is 295 g/mol. The highest BCUT2D eigenvalue weighted by Crippen LogP contribution is 2.25. The van der Waals surface area contributed by atoms with Crippen LogP contribution in [-0.4, -0.2) is 22.0 Å². The van der Waals surface area contributed by atoms with E-state index in [-0.39, 0.29) is 5.69 Å². The Hall–Kier alpha value is -3.15. The quantitative estimate of drug-likeness (QED) is 0.588. The van der Waals surface area contributed by atoms with Crippen molar-refractivity contribution in [2.75, 3.05) is 7.11 Å². The fourth-order valence-corrected chi connectivity index (χ4v) is 2.14. The highest BCUT2D eigenvalue weighted by molar-refractivity contribution is 5.66. The van der Waals surface area contributed by atoms with E-state index in [1.54, 1.807) is 25.4 Å². The molecule has 110 valence electrons. The number of non-ortho nitro benzene ring substituents is 1. The van der Waals surface area contributed by atoms with E-state index >= 15 is 0 Å². The number of nitrogens with one attached hydrogen (secondary N) is 1. The van der Waals surface area contributed by atoms with Gasteiger partial charge < -0.3 is 9.72 Å². The molecule has 0 aliphatic rings. The summed E-state index contributed by atoms with van der Waals surface area (Å²) in [6, 6.07) is 13.9. The summed E-state index contributed by atoms with van der Waals surface area (Å²) in [6.45, 7) is 0. The predicted octanol–water partition coefficient (Wildman–Crippen LogP) is 3.66. The maximum absolute atomic E-state index is 10.7. The Bertz CT molecular complexity index is 810. The molecule has 0 atom stereocenters. The lowest BCUT2D eigenvalue weighted by molar-refractivity contribution is -0.384. The number of rotatable bonds is 4. The molecule has 0 spiro atoms. The molecular formula is C16H13N3O3. The largest absolute Gasteiger partial charge is 0.497 e. The van der Waals surface area contributed by atoms with Crippen LogP contribution in [0.3, 0.4) is 0 Å². The minimum absolute atomic E-state index is 0.0623. The third-order valence-electron chi connectivity index (χ3n) is 3.29. The average molecular weight is 295 g/mol. The zero-order chi connectivity index (χ0) is 15.5. The predicted molar refractivity (Wildman–Crippen MR) is 82.7 cm³/mol. The van der Waals surface area contributed by atoms with Crippen molar-refractivity contribution in [1.29, 1.82) is 0 Å². The first-order valence-electron chi connectivity index (χ1n) is 6.62. The Kier molecular flexibility index (Phi) is 3.57. The molecular weight excluding hydrogens is 282 g/mol. The standard InChI is InChI=1S/C16H13N3O3/c1-22-14-4-2-3-12(9-14)16-17-10-15(18-16)11-5-7-13(8-6-11)19(20)21/h2-10H,1H3,(H,17,18). The second-order valence-corrected chi connectivity index (χ2v) is 4.67. The number of H-pyrrole nitrogens is 1. The van der Waals surface area contributed by atoms with Gasteiger partial charge in [-0.3, -0.25) is 10.1 Å². The van der Waals surface area contributed by atoms with Crippen LogP contribution in [0.1, 0.15) is 0 Å². The van der Waals surface area contributed by atoms with Crippen LogP contribution in [0.4, 0.5) is 5.69 Å². The lowest BCUT2D eigenvalue weighted by atomic mass is 10.1. The summed E-state index contributed by atoms with van der Waals surface area (Å²) in [4.78, 5) is 17.9. The third kappa shape index (κ3) is 2.67. The Morgan fingerprint density at radius 2 is 1.91 bits per heavy atom. The van der Waals surface area contributed by atoms with Gasteiger partial charge in [-0.1, -0.05) is 12.1 Å². The second-order valence-electron chi connectivity index (χ2n) is 4.67. The molecule has 22 heavy (non-hydrogen) atoms. The second kappa shape index (κ2) is 5.69. The van der Waals surface area contributed by atoms with Crippen LogP contribution < -0.4 is 4.74 Å². The molecule has 0 bridgehead atoms. The summed E-state index contributed by atoms with van der Waals surface area (Å²) < 4.78 is 5.20. The molecule has 0 saturated carbocycles. The number of hydrogen-bond acceptors (Lipinski definition) is 4. The fourth-order valence-electron chi connectivity index (χ4n) is 2.14. The number of ether oxygens (including phenoxy) is 1. The first kappa shape index (κ1) is 13.8. The highest BCUT2D eigenvalue weighted by atomic mass is 16.6. The molecule has 0 aliphatic heterocycles.